The molecule has 7 nitrogen and oxygen atoms in total. The summed E-state index contributed by atoms with van der Waals surface area (Å²) in [6, 6.07) is 69.7. The molecule has 4 heterocycles. The van der Waals surface area contributed by atoms with E-state index in [9.17, 15) is 0 Å². The summed E-state index contributed by atoms with van der Waals surface area (Å²) in [6.45, 7) is 0. The normalized spacial score (nSPS) is 11.9. The number of aromatic nitrogens is 7. The van der Waals surface area contributed by atoms with Gasteiger partial charge >= 0.3 is 0 Å². The third kappa shape index (κ3) is 5.28. The highest BCUT2D eigenvalue weighted by atomic mass is 15.2. The molecule has 0 saturated carbocycles. The largest absolute Gasteiger partial charge is 0.279 e. The highest BCUT2D eigenvalue weighted by Crippen LogP contribution is 2.40. The maximum Gasteiger partial charge on any atom is 0.221 e. The molecule has 0 fully saturated rings. The Kier molecular flexibility index (Phi) is 7.47. The first kappa shape index (κ1) is 34.3. The van der Waals surface area contributed by atoms with E-state index in [2.05, 4.69) is 191 Å². The molecule has 0 aliphatic heterocycles. The number of para-hydroxylation sites is 3. The fraction of sp³-hybridized carbons (Fsp3) is 0. The molecule has 0 aliphatic carbocycles. The maximum atomic E-state index is 5.42. The van der Waals surface area contributed by atoms with Gasteiger partial charge in [-0.05, 0) is 81.2 Å². The number of nitrogens with zero attached hydrogens (tertiary/aromatic N) is 7. The van der Waals surface area contributed by atoms with Crippen LogP contribution in [0.5, 0.6) is 0 Å². The second kappa shape index (κ2) is 13.5. The van der Waals surface area contributed by atoms with Gasteiger partial charge < -0.3 is 0 Å². The summed E-state index contributed by atoms with van der Waals surface area (Å²) >= 11 is 0. The molecule has 13 aromatic rings. The lowest BCUT2D eigenvalue weighted by Gasteiger charge is -2.13. The second-order valence-corrected chi connectivity index (χ2v) is 15.7. The molecule has 0 unspecified atom stereocenters. The Morgan fingerprint density at radius 2 is 0.919 bits per heavy atom. The summed E-state index contributed by atoms with van der Waals surface area (Å²) in [4.78, 5) is 26.3. The number of imidazole rings is 1. The van der Waals surface area contributed by atoms with Crippen molar-refractivity contribution in [1.82, 2.24) is 33.9 Å². The van der Waals surface area contributed by atoms with Gasteiger partial charge in [-0.2, -0.15) is 0 Å². The minimum Gasteiger partial charge on any atom is -0.279 e. The van der Waals surface area contributed by atoms with E-state index in [1.165, 1.54) is 0 Å². The van der Waals surface area contributed by atoms with E-state index >= 15 is 0 Å². The zero-order valence-electron chi connectivity index (χ0n) is 33.2. The lowest BCUT2D eigenvalue weighted by atomic mass is 10.0. The van der Waals surface area contributed by atoms with Gasteiger partial charge in [0.25, 0.3) is 0 Å². The number of benzene rings is 9. The highest BCUT2D eigenvalue weighted by Gasteiger charge is 2.22. The van der Waals surface area contributed by atoms with Crippen LogP contribution in [0.4, 0.5) is 0 Å². The van der Waals surface area contributed by atoms with Crippen LogP contribution in [0.15, 0.2) is 200 Å². The molecular formula is C55H33N7. The molecule has 0 N–H and O–H groups in total. The fourth-order valence-corrected chi connectivity index (χ4v) is 9.24. The molecular weight excluding hydrogens is 759 g/mol. The minimum atomic E-state index is 0.597. The van der Waals surface area contributed by atoms with Crippen LogP contribution < -0.4 is 0 Å². The number of fused-ring (bicyclic) bond motifs is 11. The molecule has 0 aliphatic rings. The van der Waals surface area contributed by atoms with E-state index in [4.69, 9.17) is 24.9 Å². The monoisotopic (exact) mass is 791 g/mol. The highest BCUT2D eigenvalue weighted by molar-refractivity contribution is 6.22. The molecule has 0 spiro atoms. The third-order valence-corrected chi connectivity index (χ3v) is 12.2. The molecule has 0 saturated heterocycles. The average molecular weight is 792 g/mol. The van der Waals surface area contributed by atoms with Crippen LogP contribution in [-0.2, 0) is 0 Å². The molecule has 0 radical (unpaired) electrons. The Bertz CT molecular complexity index is 3920. The summed E-state index contributed by atoms with van der Waals surface area (Å²) < 4.78 is 4.50. The first-order valence-electron chi connectivity index (χ1n) is 20.8. The zero-order chi connectivity index (χ0) is 40.7. The molecule has 0 bridgehead atoms. The van der Waals surface area contributed by atoms with Crippen LogP contribution >= 0.6 is 0 Å². The van der Waals surface area contributed by atoms with Gasteiger partial charge in [0, 0.05) is 32.8 Å². The van der Waals surface area contributed by atoms with E-state index in [0.717, 1.165) is 105 Å². The smallest absolute Gasteiger partial charge is 0.221 e. The van der Waals surface area contributed by atoms with Crippen LogP contribution in [-0.4, -0.2) is 33.9 Å². The van der Waals surface area contributed by atoms with Gasteiger partial charge in [-0.15, -0.1) is 0 Å². The SMILES string of the molecule is c1ccc(-c2ccc(-c3nc(-c4ccc5c(c4)c4c6ccccc6ccc4n5-c4nc5ccccc5c5nc6ccccc6n45)nc(-c4cccc5ccccc45)n3)cc2)cc1. The van der Waals surface area contributed by atoms with E-state index < -0.39 is 0 Å². The van der Waals surface area contributed by atoms with Gasteiger partial charge in [0.05, 0.1) is 27.6 Å². The standard InChI is InChI=1S/C55H33N7/c1-2-13-34(14-3-1)35-25-27-38(28-26-35)51-58-52(60-53(59-51)42-21-12-17-36-15-4-6-18-40(36)42)39-30-31-47-44(33-39)50-41-19-7-5-16-37(41)29-32-49(50)61(47)55-57-45-22-9-8-20-43(45)54-56-46-23-10-11-24-48(46)62(54)55/h1-33H. The topological polar surface area (TPSA) is 73.8 Å². The molecule has 62 heavy (non-hydrogen) atoms. The summed E-state index contributed by atoms with van der Waals surface area (Å²) in [5.74, 6) is 2.60. The van der Waals surface area contributed by atoms with Crippen molar-refractivity contribution in [2.75, 3.05) is 0 Å². The molecule has 288 valence electrons. The Balaban J connectivity index is 1.08. The van der Waals surface area contributed by atoms with Gasteiger partial charge in [-0.3, -0.25) is 8.97 Å². The van der Waals surface area contributed by atoms with E-state index in [-0.39, 0.29) is 0 Å². The van der Waals surface area contributed by atoms with Gasteiger partial charge in [0.1, 0.15) is 5.65 Å². The van der Waals surface area contributed by atoms with Crippen molar-refractivity contribution >= 4 is 70.9 Å². The van der Waals surface area contributed by atoms with Crippen molar-refractivity contribution in [2.45, 2.75) is 0 Å². The van der Waals surface area contributed by atoms with Crippen molar-refractivity contribution < 1.29 is 0 Å². The van der Waals surface area contributed by atoms with E-state index in [1.54, 1.807) is 0 Å². The Morgan fingerprint density at radius 3 is 1.76 bits per heavy atom. The molecule has 0 amide bonds. The Hall–Kier alpha value is -8.55. The molecule has 4 aromatic heterocycles. The Morgan fingerprint density at radius 1 is 0.323 bits per heavy atom. The molecule has 9 aromatic carbocycles. The van der Waals surface area contributed by atoms with Gasteiger partial charge in [0.2, 0.25) is 5.95 Å². The fourth-order valence-electron chi connectivity index (χ4n) is 9.24. The minimum absolute atomic E-state index is 0.597. The number of hydrogen-bond donors (Lipinski definition) is 0. The van der Waals surface area contributed by atoms with Crippen molar-refractivity contribution in [1.29, 1.82) is 0 Å². The predicted octanol–water partition coefficient (Wildman–Crippen LogP) is 13.3. The summed E-state index contributed by atoms with van der Waals surface area (Å²) in [5, 5.41) is 7.74. The first-order valence-corrected chi connectivity index (χ1v) is 20.8. The first-order chi connectivity index (χ1) is 30.7. The van der Waals surface area contributed by atoms with Crippen molar-refractivity contribution in [3.63, 3.8) is 0 Å². The van der Waals surface area contributed by atoms with Crippen LogP contribution in [0.1, 0.15) is 0 Å². The predicted molar refractivity (Wildman–Crippen MR) is 252 cm³/mol. The zero-order valence-corrected chi connectivity index (χ0v) is 33.2. The van der Waals surface area contributed by atoms with Crippen molar-refractivity contribution in [2.24, 2.45) is 0 Å². The van der Waals surface area contributed by atoms with Crippen LogP contribution in [0.2, 0.25) is 0 Å². The number of hydrogen-bond acceptors (Lipinski definition) is 5. The molecule has 13 rings (SSSR count). The van der Waals surface area contributed by atoms with Crippen LogP contribution in [0.25, 0.3) is 122 Å². The van der Waals surface area contributed by atoms with Gasteiger partial charge in [-0.25, -0.2) is 24.9 Å². The lowest BCUT2D eigenvalue weighted by molar-refractivity contribution is 0.979. The van der Waals surface area contributed by atoms with Gasteiger partial charge in [0.15, 0.2) is 17.5 Å². The number of rotatable bonds is 5. The lowest BCUT2D eigenvalue weighted by Crippen LogP contribution is -2.06. The van der Waals surface area contributed by atoms with Crippen LogP contribution in [0.3, 0.4) is 0 Å². The summed E-state index contributed by atoms with van der Waals surface area (Å²) in [6.07, 6.45) is 0. The Labute approximate surface area is 354 Å². The quantitative estimate of drug-likeness (QED) is 0.174. The second-order valence-electron chi connectivity index (χ2n) is 15.7. The molecule has 0 atom stereocenters. The average Bonchev–Trinajstić information content (AvgIpc) is 3.90. The van der Waals surface area contributed by atoms with Crippen molar-refractivity contribution in [3.8, 4) is 51.2 Å². The van der Waals surface area contributed by atoms with Gasteiger partial charge in [-0.1, -0.05) is 152 Å². The third-order valence-electron chi connectivity index (χ3n) is 12.2. The maximum absolute atomic E-state index is 5.42. The molecule has 7 heteroatoms. The van der Waals surface area contributed by atoms with E-state index in [0.29, 0.717) is 17.5 Å². The van der Waals surface area contributed by atoms with Crippen LogP contribution in [0, 0.1) is 0 Å². The van der Waals surface area contributed by atoms with E-state index in [1.807, 2.05) is 18.2 Å². The summed E-state index contributed by atoms with van der Waals surface area (Å²) in [7, 11) is 0. The summed E-state index contributed by atoms with van der Waals surface area (Å²) in [5.41, 5.74) is 10.8. The van der Waals surface area contributed by atoms with Crippen molar-refractivity contribution in [3.05, 3.63) is 200 Å².